The first-order valence-electron chi connectivity index (χ1n) is 9.95. The van der Waals surface area contributed by atoms with E-state index in [2.05, 4.69) is 0 Å². The van der Waals surface area contributed by atoms with Gasteiger partial charge in [0.1, 0.15) is 5.82 Å². The molecule has 0 heterocycles. The fourth-order valence-electron chi connectivity index (χ4n) is 3.80. The topological polar surface area (TPSA) is 54.5 Å². The Balaban J connectivity index is 2.05. The number of halogens is 1. The molecule has 0 radical (unpaired) electrons. The van der Waals surface area contributed by atoms with Crippen LogP contribution in [0.4, 0.5) is 4.39 Å². The average molecular weight is 428 g/mol. The van der Waals surface area contributed by atoms with Crippen LogP contribution in [0, 0.1) is 5.82 Å². The lowest BCUT2D eigenvalue weighted by molar-refractivity contribution is -0.129. The molecule has 0 aromatic heterocycles. The minimum Gasteiger partial charge on any atom is -0.343 e. The molecule has 6 heteroatoms. The molecule has 4 nitrogen and oxygen atoms in total. The fourth-order valence-corrected chi connectivity index (χ4v) is 4.43. The van der Waals surface area contributed by atoms with Gasteiger partial charge in [0, 0.05) is 19.3 Å². The molecule has 1 amide bonds. The molecule has 1 aliphatic rings. The summed E-state index contributed by atoms with van der Waals surface area (Å²) < 4.78 is 37.4. The van der Waals surface area contributed by atoms with E-state index in [1.807, 2.05) is 26.8 Å². The predicted octanol–water partition coefficient (Wildman–Crippen LogP) is 4.82. The van der Waals surface area contributed by atoms with E-state index >= 15 is 0 Å². The highest BCUT2D eigenvalue weighted by Crippen LogP contribution is 2.44. The van der Waals surface area contributed by atoms with Gasteiger partial charge in [0.2, 0.25) is 5.91 Å². The molecule has 0 N–H and O–H groups in total. The average Bonchev–Trinajstić information content (AvgIpc) is 2.94. The number of sulfone groups is 1. The second kappa shape index (κ2) is 8.56. The third-order valence-corrected chi connectivity index (χ3v) is 6.65. The first-order valence-corrected chi connectivity index (χ1v) is 11.8. The quantitative estimate of drug-likeness (QED) is 0.664. The Morgan fingerprint density at radius 3 is 2.23 bits per heavy atom. The molecule has 3 rings (SSSR count). The number of carbonyl (C=O) groups excluding carboxylic acids is 1. The van der Waals surface area contributed by atoms with Crippen molar-refractivity contribution in [1.82, 2.24) is 4.90 Å². The van der Waals surface area contributed by atoms with Gasteiger partial charge in [-0.05, 0) is 84.5 Å². The number of carbonyl (C=O) groups is 1. The van der Waals surface area contributed by atoms with Crippen LogP contribution < -0.4 is 0 Å². The summed E-state index contributed by atoms with van der Waals surface area (Å²) in [5.74, 6) is -0.323. The van der Waals surface area contributed by atoms with Crippen molar-refractivity contribution in [2.45, 2.75) is 32.1 Å². The van der Waals surface area contributed by atoms with Crippen molar-refractivity contribution < 1.29 is 17.6 Å². The van der Waals surface area contributed by atoms with Gasteiger partial charge in [0.15, 0.2) is 9.84 Å². The van der Waals surface area contributed by atoms with Crippen molar-refractivity contribution in [3.8, 4) is 0 Å². The van der Waals surface area contributed by atoms with Crippen LogP contribution in [0.3, 0.4) is 0 Å². The van der Waals surface area contributed by atoms with E-state index in [1.54, 1.807) is 35.2 Å². The SMILES string of the molecule is CCN(CC)C(=O)CC1=C(C)/C(=C/c2ccc(S(C)(=O)=O)cc2)c2ccc(F)cc21. The molecule has 30 heavy (non-hydrogen) atoms. The lowest BCUT2D eigenvalue weighted by Gasteiger charge is -2.19. The van der Waals surface area contributed by atoms with Crippen molar-refractivity contribution >= 4 is 33.0 Å². The highest BCUT2D eigenvalue weighted by molar-refractivity contribution is 7.90. The van der Waals surface area contributed by atoms with Crippen molar-refractivity contribution in [2.24, 2.45) is 0 Å². The van der Waals surface area contributed by atoms with Crippen molar-refractivity contribution in [2.75, 3.05) is 19.3 Å². The Bertz CT molecular complexity index is 1140. The summed E-state index contributed by atoms with van der Waals surface area (Å²) in [5.41, 5.74) is 5.14. The molecule has 0 saturated heterocycles. The Morgan fingerprint density at radius 1 is 1.03 bits per heavy atom. The van der Waals surface area contributed by atoms with Crippen molar-refractivity contribution in [3.63, 3.8) is 0 Å². The summed E-state index contributed by atoms with van der Waals surface area (Å²) in [7, 11) is -3.26. The number of hydrogen-bond donors (Lipinski definition) is 0. The molecule has 0 bridgehead atoms. The first-order chi connectivity index (χ1) is 14.2. The Kier molecular flexibility index (Phi) is 6.27. The molecule has 0 spiro atoms. The Labute approximate surface area is 177 Å². The molecule has 0 aliphatic heterocycles. The van der Waals surface area contributed by atoms with Crippen LogP contribution >= 0.6 is 0 Å². The van der Waals surface area contributed by atoms with E-state index in [4.69, 9.17) is 0 Å². The summed E-state index contributed by atoms with van der Waals surface area (Å²) >= 11 is 0. The molecule has 0 saturated carbocycles. The van der Waals surface area contributed by atoms with E-state index in [0.717, 1.165) is 33.4 Å². The zero-order chi connectivity index (χ0) is 22.1. The van der Waals surface area contributed by atoms with Crippen LogP contribution in [0.25, 0.3) is 17.2 Å². The smallest absolute Gasteiger partial charge is 0.227 e. The van der Waals surface area contributed by atoms with Crippen molar-refractivity contribution in [3.05, 3.63) is 70.5 Å². The number of nitrogens with zero attached hydrogens (tertiary/aromatic N) is 1. The van der Waals surface area contributed by atoms with Gasteiger partial charge in [-0.15, -0.1) is 0 Å². The molecular weight excluding hydrogens is 401 g/mol. The minimum atomic E-state index is -3.26. The van der Waals surface area contributed by atoms with E-state index in [-0.39, 0.29) is 23.0 Å². The summed E-state index contributed by atoms with van der Waals surface area (Å²) in [6.45, 7) is 7.09. The third-order valence-electron chi connectivity index (χ3n) is 5.52. The van der Waals surface area contributed by atoms with E-state index < -0.39 is 9.84 Å². The van der Waals surface area contributed by atoms with Crippen LogP contribution in [-0.2, 0) is 14.6 Å². The van der Waals surface area contributed by atoms with Crippen LogP contribution in [0.2, 0.25) is 0 Å². The van der Waals surface area contributed by atoms with Gasteiger partial charge in [0.05, 0.1) is 11.3 Å². The third kappa shape index (κ3) is 4.38. The Morgan fingerprint density at radius 2 is 1.67 bits per heavy atom. The van der Waals surface area contributed by atoms with Gasteiger partial charge in [-0.25, -0.2) is 12.8 Å². The Hall–Kier alpha value is -2.73. The van der Waals surface area contributed by atoms with Gasteiger partial charge in [-0.2, -0.15) is 0 Å². The highest BCUT2D eigenvalue weighted by atomic mass is 32.2. The van der Waals surface area contributed by atoms with Gasteiger partial charge < -0.3 is 4.90 Å². The van der Waals surface area contributed by atoms with Crippen LogP contribution in [-0.4, -0.2) is 38.6 Å². The zero-order valence-electron chi connectivity index (χ0n) is 17.7. The van der Waals surface area contributed by atoms with Crippen LogP contribution in [0.5, 0.6) is 0 Å². The van der Waals surface area contributed by atoms with Gasteiger partial charge in [-0.3, -0.25) is 4.79 Å². The maximum Gasteiger partial charge on any atom is 0.227 e. The number of amides is 1. The summed E-state index contributed by atoms with van der Waals surface area (Å²) in [6.07, 6.45) is 3.34. The molecule has 2 aromatic rings. The first kappa shape index (κ1) is 22.0. The standard InChI is InChI=1S/C24H26FNO3S/c1-5-26(6-2)24(27)15-22-16(3)21(20-12-9-18(25)14-23(20)22)13-17-7-10-19(11-8-17)30(4,28)29/h7-14H,5-6,15H2,1-4H3/b21-13-. The molecule has 0 atom stereocenters. The summed E-state index contributed by atoms with van der Waals surface area (Å²) in [4.78, 5) is 14.7. The lowest BCUT2D eigenvalue weighted by Crippen LogP contribution is -2.30. The summed E-state index contributed by atoms with van der Waals surface area (Å²) in [5, 5.41) is 0. The number of allylic oxidation sites excluding steroid dienone is 2. The number of rotatable bonds is 6. The molecule has 0 unspecified atom stereocenters. The summed E-state index contributed by atoms with van der Waals surface area (Å²) in [6, 6.07) is 11.3. The monoisotopic (exact) mass is 427 g/mol. The van der Waals surface area contributed by atoms with E-state index in [9.17, 15) is 17.6 Å². The molecule has 158 valence electrons. The second-order valence-electron chi connectivity index (χ2n) is 7.44. The maximum atomic E-state index is 14.0. The van der Waals surface area contributed by atoms with E-state index in [0.29, 0.717) is 13.1 Å². The largest absolute Gasteiger partial charge is 0.343 e. The molecule has 0 fully saturated rings. The van der Waals surface area contributed by atoms with Crippen molar-refractivity contribution in [1.29, 1.82) is 0 Å². The van der Waals surface area contributed by atoms with Crippen LogP contribution in [0.15, 0.2) is 52.9 Å². The predicted molar refractivity (Wildman–Crippen MR) is 119 cm³/mol. The molecule has 1 aliphatic carbocycles. The lowest BCUT2D eigenvalue weighted by atomic mass is 10.0. The normalized spacial score (nSPS) is 14.9. The number of benzene rings is 2. The zero-order valence-corrected chi connectivity index (χ0v) is 18.5. The maximum absolute atomic E-state index is 14.0. The fraction of sp³-hybridized carbons (Fsp3) is 0.292. The molecular formula is C24H26FNO3S. The number of fused-ring (bicyclic) bond motifs is 1. The van der Waals surface area contributed by atoms with Gasteiger partial charge >= 0.3 is 0 Å². The number of hydrogen-bond acceptors (Lipinski definition) is 3. The highest BCUT2D eigenvalue weighted by Gasteiger charge is 2.26. The van der Waals surface area contributed by atoms with E-state index in [1.165, 1.54) is 18.4 Å². The second-order valence-corrected chi connectivity index (χ2v) is 9.45. The van der Waals surface area contributed by atoms with Gasteiger partial charge in [-0.1, -0.05) is 18.2 Å². The minimum absolute atomic E-state index is 0.0170. The van der Waals surface area contributed by atoms with Crippen LogP contribution in [0.1, 0.15) is 43.9 Å². The van der Waals surface area contributed by atoms with Gasteiger partial charge in [0.25, 0.3) is 0 Å². The molecule has 2 aromatic carbocycles.